The van der Waals surface area contributed by atoms with Crippen LogP contribution >= 0.6 is 0 Å². The van der Waals surface area contributed by atoms with Crippen LogP contribution in [-0.4, -0.2) is 32.1 Å². The maximum atomic E-state index is 5.67. The Morgan fingerprint density at radius 2 is 1.88 bits per heavy atom. The molecule has 2 N–H and O–H groups in total. The van der Waals surface area contributed by atoms with E-state index in [1.807, 2.05) is 26.0 Å². The molecule has 0 fully saturated rings. The molecule has 0 aliphatic carbocycles. The van der Waals surface area contributed by atoms with Gasteiger partial charge in [-0.05, 0) is 51.3 Å². The van der Waals surface area contributed by atoms with Crippen LogP contribution in [0.4, 0.5) is 5.82 Å². The molecule has 0 bridgehead atoms. The normalized spacial score (nSPS) is 12.5. The zero-order valence-electron chi connectivity index (χ0n) is 14.3. The maximum absolute atomic E-state index is 5.67. The summed E-state index contributed by atoms with van der Waals surface area (Å²) in [6, 6.07) is 8.61. The third-order valence-corrected chi connectivity index (χ3v) is 3.77. The Labute approximate surface area is 141 Å². The van der Waals surface area contributed by atoms with Gasteiger partial charge in [0.25, 0.3) is 0 Å². The highest BCUT2D eigenvalue weighted by molar-refractivity contribution is 5.81. The van der Waals surface area contributed by atoms with Gasteiger partial charge in [-0.3, -0.25) is 0 Å². The van der Waals surface area contributed by atoms with Crippen molar-refractivity contribution in [3.63, 3.8) is 0 Å². The van der Waals surface area contributed by atoms with Crippen LogP contribution in [-0.2, 0) is 6.42 Å². The molecule has 0 spiro atoms. The molecule has 6 nitrogen and oxygen atoms in total. The van der Waals surface area contributed by atoms with Gasteiger partial charge in [-0.1, -0.05) is 12.1 Å². The summed E-state index contributed by atoms with van der Waals surface area (Å²) >= 11 is 0. The van der Waals surface area contributed by atoms with Crippen molar-refractivity contribution in [3.8, 4) is 5.75 Å². The number of hydrogen-bond donors (Lipinski definition) is 2. The minimum absolute atomic E-state index is 0.201. The average Bonchev–Trinajstić information content (AvgIpc) is 3.03. The molecule has 24 heavy (non-hydrogen) atoms. The molecule has 1 atom stereocenters. The van der Waals surface area contributed by atoms with Crippen LogP contribution < -0.4 is 10.1 Å². The fourth-order valence-corrected chi connectivity index (χ4v) is 2.57. The highest BCUT2D eigenvalue weighted by Gasteiger charge is 2.09. The second kappa shape index (κ2) is 7.29. The predicted octanol–water partition coefficient (Wildman–Crippen LogP) is 3.57. The minimum Gasteiger partial charge on any atom is -0.491 e. The molecule has 2 heterocycles. The van der Waals surface area contributed by atoms with Gasteiger partial charge in [-0.15, -0.1) is 0 Å². The van der Waals surface area contributed by atoms with Gasteiger partial charge in [0.15, 0.2) is 11.5 Å². The SMILES string of the molecule is CC(C)Oc1ccc(CC[C@@H](C)Nc2ncnc3nc[nH]c23)cc1. The third-order valence-electron chi connectivity index (χ3n) is 3.77. The van der Waals surface area contributed by atoms with E-state index in [0.29, 0.717) is 5.65 Å². The number of nitrogens with one attached hydrogen (secondary N) is 2. The van der Waals surface area contributed by atoms with Crippen molar-refractivity contribution in [2.24, 2.45) is 0 Å². The number of nitrogens with zero attached hydrogens (tertiary/aromatic N) is 3. The van der Waals surface area contributed by atoms with Crippen LogP contribution in [0.5, 0.6) is 5.75 Å². The number of fused-ring (bicyclic) bond motifs is 1. The second-order valence-corrected chi connectivity index (χ2v) is 6.22. The highest BCUT2D eigenvalue weighted by atomic mass is 16.5. The summed E-state index contributed by atoms with van der Waals surface area (Å²) in [5, 5.41) is 3.43. The number of anilines is 1. The maximum Gasteiger partial charge on any atom is 0.182 e. The lowest BCUT2D eigenvalue weighted by atomic mass is 10.1. The van der Waals surface area contributed by atoms with Crippen LogP contribution in [0.25, 0.3) is 11.2 Å². The summed E-state index contributed by atoms with van der Waals surface area (Å²) in [6.07, 6.45) is 5.37. The minimum atomic E-state index is 0.201. The molecule has 1 aromatic carbocycles. The largest absolute Gasteiger partial charge is 0.491 e. The summed E-state index contributed by atoms with van der Waals surface area (Å²) in [5.41, 5.74) is 2.83. The van der Waals surface area contributed by atoms with Crippen molar-refractivity contribution in [2.75, 3.05) is 5.32 Å². The van der Waals surface area contributed by atoms with Crippen molar-refractivity contribution in [1.29, 1.82) is 0 Å². The summed E-state index contributed by atoms with van der Waals surface area (Å²) in [7, 11) is 0. The van der Waals surface area contributed by atoms with Crippen molar-refractivity contribution < 1.29 is 4.74 Å². The number of hydrogen-bond acceptors (Lipinski definition) is 5. The van der Waals surface area contributed by atoms with E-state index in [1.54, 1.807) is 6.33 Å². The molecular formula is C18H23N5O. The van der Waals surface area contributed by atoms with Gasteiger partial charge in [0.05, 0.1) is 12.4 Å². The Kier molecular flexibility index (Phi) is 4.93. The van der Waals surface area contributed by atoms with Crippen LogP contribution in [0.1, 0.15) is 32.8 Å². The zero-order valence-corrected chi connectivity index (χ0v) is 14.3. The second-order valence-electron chi connectivity index (χ2n) is 6.22. The molecule has 6 heteroatoms. The van der Waals surface area contributed by atoms with Crippen molar-refractivity contribution >= 4 is 17.0 Å². The lowest BCUT2D eigenvalue weighted by Gasteiger charge is -2.15. The number of aromatic amines is 1. The Balaban J connectivity index is 1.55. The fourth-order valence-electron chi connectivity index (χ4n) is 2.57. The quantitative estimate of drug-likeness (QED) is 0.694. The van der Waals surface area contributed by atoms with Gasteiger partial charge in [0, 0.05) is 6.04 Å². The lowest BCUT2D eigenvalue weighted by Crippen LogP contribution is -2.17. The number of imidazole rings is 1. The van der Waals surface area contributed by atoms with E-state index in [9.17, 15) is 0 Å². The molecule has 2 aromatic heterocycles. The summed E-state index contributed by atoms with van der Waals surface area (Å²) in [4.78, 5) is 15.7. The average molecular weight is 325 g/mol. The number of aromatic nitrogens is 4. The Bertz CT molecular complexity index is 781. The number of rotatable bonds is 7. The fraction of sp³-hybridized carbons (Fsp3) is 0.389. The van der Waals surface area contributed by atoms with E-state index in [2.05, 4.69) is 44.3 Å². The van der Waals surface area contributed by atoms with Crippen LogP contribution in [0.3, 0.4) is 0 Å². The molecular weight excluding hydrogens is 302 g/mol. The molecule has 0 aliphatic rings. The van der Waals surface area contributed by atoms with E-state index in [1.165, 1.54) is 11.9 Å². The third kappa shape index (κ3) is 4.01. The summed E-state index contributed by atoms with van der Waals surface area (Å²) in [5.74, 6) is 1.72. The van der Waals surface area contributed by atoms with Gasteiger partial charge in [-0.25, -0.2) is 15.0 Å². The molecule has 0 saturated carbocycles. The first kappa shape index (κ1) is 16.2. The van der Waals surface area contributed by atoms with E-state index in [-0.39, 0.29) is 12.1 Å². The standard InChI is InChI=1S/C18H23N5O/c1-12(2)24-15-8-6-14(7-9-15)5-4-13(3)23-18-16-17(20-10-19-16)21-11-22-18/h6-13H,4-5H2,1-3H3,(H2,19,20,21,22,23)/t13-/m1/s1. The molecule has 0 saturated heterocycles. The van der Waals surface area contributed by atoms with Crippen LogP contribution in [0, 0.1) is 0 Å². The first-order chi connectivity index (χ1) is 11.6. The number of ether oxygens (including phenoxy) is 1. The van der Waals surface area contributed by atoms with Gasteiger partial charge >= 0.3 is 0 Å². The summed E-state index contributed by atoms with van der Waals surface area (Å²) < 4.78 is 5.67. The number of H-pyrrole nitrogens is 1. The van der Waals surface area contributed by atoms with Gasteiger partial charge < -0.3 is 15.0 Å². The predicted molar refractivity (Wildman–Crippen MR) is 95.3 cm³/mol. The Morgan fingerprint density at radius 3 is 2.62 bits per heavy atom. The Hall–Kier alpha value is -2.63. The molecule has 0 unspecified atom stereocenters. The molecule has 0 amide bonds. The number of aryl methyl sites for hydroxylation is 1. The number of benzene rings is 1. The smallest absolute Gasteiger partial charge is 0.182 e. The van der Waals surface area contributed by atoms with Gasteiger partial charge in [0.1, 0.15) is 17.6 Å². The van der Waals surface area contributed by atoms with Crippen molar-refractivity contribution in [1.82, 2.24) is 19.9 Å². The van der Waals surface area contributed by atoms with E-state index >= 15 is 0 Å². The molecule has 126 valence electrons. The van der Waals surface area contributed by atoms with Gasteiger partial charge in [0.2, 0.25) is 0 Å². The van der Waals surface area contributed by atoms with Crippen molar-refractivity contribution in [3.05, 3.63) is 42.5 Å². The molecule has 3 aromatic rings. The first-order valence-corrected chi connectivity index (χ1v) is 8.28. The first-order valence-electron chi connectivity index (χ1n) is 8.28. The van der Waals surface area contributed by atoms with E-state index in [4.69, 9.17) is 4.74 Å². The van der Waals surface area contributed by atoms with Gasteiger partial charge in [-0.2, -0.15) is 0 Å². The zero-order chi connectivity index (χ0) is 16.9. The summed E-state index contributed by atoms with van der Waals surface area (Å²) in [6.45, 7) is 6.22. The molecule has 3 rings (SSSR count). The lowest BCUT2D eigenvalue weighted by molar-refractivity contribution is 0.242. The molecule has 0 aliphatic heterocycles. The van der Waals surface area contributed by atoms with Crippen LogP contribution in [0.2, 0.25) is 0 Å². The van der Waals surface area contributed by atoms with Crippen molar-refractivity contribution in [2.45, 2.75) is 45.8 Å². The Morgan fingerprint density at radius 1 is 1.08 bits per heavy atom. The van der Waals surface area contributed by atoms with E-state index < -0.39 is 0 Å². The monoisotopic (exact) mass is 325 g/mol. The van der Waals surface area contributed by atoms with Crippen LogP contribution in [0.15, 0.2) is 36.9 Å². The topological polar surface area (TPSA) is 75.7 Å². The van der Waals surface area contributed by atoms with E-state index in [0.717, 1.165) is 29.9 Å². The highest BCUT2D eigenvalue weighted by Crippen LogP contribution is 2.18. The molecule has 0 radical (unpaired) electrons.